The van der Waals surface area contributed by atoms with E-state index in [0.717, 1.165) is 21.4 Å². The van der Waals surface area contributed by atoms with Crippen LogP contribution in [0.2, 0.25) is 0 Å². The molecule has 3 nitrogen and oxygen atoms in total. The van der Waals surface area contributed by atoms with Gasteiger partial charge in [-0.3, -0.25) is 0 Å². The van der Waals surface area contributed by atoms with Crippen LogP contribution in [0.3, 0.4) is 0 Å². The molecule has 4 heteroatoms. The summed E-state index contributed by atoms with van der Waals surface area (Å²) in [6.45, 7) is 4.04. The highest BCUT2D eigenvalue weighted by Gasteiger charge is 2.09. The number of thiazole rings is 1. The summed E-state index contributed by atoms with van der Waals surface area (Å²) in [6, 6.07) is 12.4. The second-order valence-corrected chi connectivity index (χ2v) is 5.22. The van der Waals surface area contributed by atoms with Crippen molar-refractivity contribution < 1.29 is 0 Å². The van der Waals surface area contributed by atoms with Crippen LogP contribution < -0.4 is 0 Å². The number of hydrogen-bond acceptors (Lipinski definition) is 3. The molecule has 3 aromatic rings. The number of aryl methyl sites for hydroxylation is 2. The van der Waals surface area contributed by atoms with Crippen molar-refractivity contribution >= 4 is 11.3 Å². The molecule has 2 heterocycles. The van der Waals surface area contributed by atoms with Gasteiger partial charge in [0, 0.05) is 11.9 Å². The summed E-state index contributed by atoms with van der Waals surface area (Å²) >= 11 is 1.66. The van der Waals surface area contributed by atoms with Crippen LogP contribution >= 0.6 is 11.3 Å². The van der Waals surface area contributed by atoms with Crippen LogP contribution in [-0.4, -0.2) is 14.8 Å². The van der Waals surface area contributed by atoms with Crippen LogP contribution in [0.5, 0.6) is 0 Å². The maximum absolute atomic E-state index is 4.46. The third-order valence-electron chi connectivity index (χ3n) is 2.74. The molecular weight excluding hydrogens is 242 g/mol. The normalized spacial score (nSPS) is 10.8. The van der Waals surface area contributed by atoms with Gasteiger partial charge >= 0.3 is 0 Å². The van der Waals surface area contributed by atoms with Crippen molar-refractivity contribution in [1.82, 2.24) is 14.8 Å². The van der Waals surface area contributed by atoms with Gasteiger partial charge in [-0.2, -0.15) is 5.10 Å². The lowest BCUT2D eigenvalue weighted by atomic mass is 10.2. The lowest BCUT2D eigenvalue weighted by molar-refractivity contribution is 0.825. The van der Waals surface area contributed by atoms with E-state index in [9.17, 15) is 0 Å². The summed E-state index contributed by atoms with van der Waals surface area (Å²) in [4.78, 5) is 5.62. The maximum Gasteiger partial charge on any atom is 0.211 e. The average Bonchev–Trinajstić information content (AvgIpc) is 2.97. The summed E-state index contributed by atoms with van der Waals surface area (Å²) in [7, 11) is 0. The largest absolute Gasteiger partial charge is 0.226 e. The van der Waals surface area contributed by atoms with E-state index in [0.29, 0.717) is 0 Å². The standard InChI is InChI=1S/C14H13N3S/c1-10-8-11(2)17(16-10)14-15-9-13(18-14)12-6-4-3-5-7-12/h3-9H,1-2H3. The van der Waals surface area contributed by atoms with Gasteiger partial charge in [-0.1, -0.05) is 41.7 Å². The van der Waals surface area contributed by atoms with Crippen molar-refractivity contribution in [3.8, 4) is 15.6 Å². The molecule has 0 unspecified atom stereocenters. The van der Waals surface area contributed by atoms with Gasteiger partial charge in [0.15, 0.2) is 0 Å². The van der Waals surface area contributed by atoms with E-state index in [1.807, 2.05) is 42.9 Å². The Hall–Kier alpha value is -1.94. The number of benzene rings is 1. The van der Waals surface area contributed by atoms with Gasteiger partial charge in [0.05, 0.1) is 10.6 Å². The van der Waals surface area contributed by atoms with E-state index in [1.165, 1.54) is 5.56 Å². The van der Waals surface area contributed by atoms with Gasteiger partial charge < -0.3 is 0 Å². The Morgan fingerprint density at radius 3 is 2.56 bits per heavy atom. The van der Waals surface area contributed by atoms with Crippen LogP contribution in [0.4, 0.5) is 0 Å². The van der Waals surface area contributed by atoms with Gasteiger partial charge in [-0.05, 0) is 25.5 Å². The monoisotopic (exact) mass is 255 g/mol. The maximum atomic E-state index is 4.46. The molecule has 0 N–H and O–H groups in total. The number of aromatic nitrogens is 3. The highest BCUT2D eigenvalue weighted by molar-refractivity contribution is 7.17. The molecule has 0 spiro atoms. The predicted octanol–water partition coefficient (Wildman–Crippen LogP) is 3.61. The molecular formula is C14H13N3S. The van der Waals surface area contributed by atoms with Crippen LogP contribution in [0, 0.1) is 13.8 Å². The van der Waals surface area contributed by atoms with E-state index < -0.39 is 0 Å². The van der Waals surface area contributed by atoms with Crippen LogP contribution in [0.15, 0.2) is 42.6 Å². The lowest BCUT2D eigenvalue weighted by Crippen LogP contribution is -1.97. The van der Waals surface area contributed by atoms with Crippen LogP contribution in [0.1, 0.15) is 11.4 Å². The third-order valence-corrected chi connectivity index (χ3v) is 3.76. The zero-order valence-electron chi connectivity index (χ0n) is 10.3. The molecule has 0 fully saturated rings. The molecule has 0 amide bonds. The van der Waals surface area contributed by atoms with Crippen molar-refractivity contribution in [3.63, 3.8) is 0 Å². The molecule has 3 rings (SSSR count). The summed E-state index contributed by atoms with van der Waals surface area (Å²) in [5.74, 6) is 0. The second kappa shape index (κ2) is 4.38. The minimum absolute atomic E-state index is 0.916. The van der Waals surface area contributed by atoms with E-state index in [1.54, 1.807) is 11.3 Å². The topological polar surface area (TPSA) is 30.7 Å². The molecule has 0 aliphatic rings. The first-order valence-electron chi connectivity index (χ1n) is 5.79. The highest BCUT2D eigenvalue weighted by atomic mass is 32.1. The summed E-state index contributed by atoms with van der Waals surface area (Å²) in [5, 5.41) is 5.37. The molecule has 0 aliphatic heterocycles. The Bertz CT molecular complexity index is 667. The van der Waals surface area contributed by atoms with Gasteiger partial charge in [0.25, 0.3) is 0 Å². The molecule has 18 heavy (non-hydrogen) atoms. The first kappa shape index (κ1) is 11.2. The fraction of sp³-hybridized carbons (Fsp3) is 0.143. The fourth-order valence-electron chi connectivity index (χ4n) is 1.92. The minimum Gasteiger partial charge on any atom is -0.226 e. The van der Waals surface area contributed by atoms with E-state index >= 15 is 0 Å². The Morgan fingerprint density at radius 2 is 1.89 bits per heavy atom. The first-order chi connectivity index (χ1) is 8.74. The summed E-state index contributed by atoms with van der Waals surface area (Å²) in [5.41, 5.74) is 3.33. The third kappa shape index (κ3) is 1.95. The van der Waals surface area contributed by atoms with Gasteiger partial charge in [0.2, 0.25) is 5.13 Å². The molecule has 0 radical (unpaired) electrons. The molecule has 0 bridgehead atoms. The molecule has 0 aliphatic carbocycles. The summed E-state index contributed by atoms with van der Waals surface area (Å²) < 4.78 is 1.90. The van der Waals surface area contributed by atoms with E-state index in [4.69, 9.17) is 0 Å². The molecule has 0 atom stereocenters. The smallest absolute Gasteiger partial charge is 0.211 e. The van der Waals surface area contributed by atoms with E-state index in [2.05, 4.69) is 28.3 Å². The molecule has 0 saturated heterocycles. The highest BCUT2D eigenvalue weighted by Crippen LogP contribution is 2.28. The second-order valence-electron chi connectivity index (χ2n) is 4.21. The average molecular weight is 255 g/mol. The van der Waals surface area contributed by atoms with Crippen LogP contribution in [-0.2, 0) is 0 Å². The quantitative estimate of drug-likeness (QED) is 0.700. The van der Waals surface area contributed by atoms with E-state index in [-0.39, 0.29) is 0 Å². The molecule has 2 aromatic heterocycles. The van der Waals surface area contributed by atoms with Gasteiger partial charge in [0.1, 0.15) is 0 Å². The first-order valence-corrected chi connectivity index (χ1v) is 6.60. The Morgan fingerprint density at radius 1 is 1.11 bits per heavy atom. The zero-order chi connectivity index (χ0) is 12.5. The minimum atomic E-state index is 0.916. The molecule has 0 saturated carbocycles. The summed E-state index contributed by atoms with van der Waals surface area (Å²) in [6.07, 6.45) is 1.91. The van der Waals surface area contributed by atoms with Crippen molar-refractivity contribution in [2.24, 2.45) is 0 Å². The Labute approximate surface area is 110 Å². The molecule has 1 aromatic carbocycles. The Kier molecular flexibility index (Phi) is 2.72. The number of rotatable bonds is 2. The van der Waals surface area contributed by atoms with Gasteiger partial charge in [-0.15, -0.1) is 0 Å². The number of hydrogen-bond donors (Lipinski definition) is 0. The zero-order valence-corrected chi connectivity index (χ0v) is 11.1. The lowest BCUT2D eigenvalue weighted by Gasteiger charge is -1.97. The number of nitrogens with zero attached hydrogens (tertiary/aromatic N) is 3. The van der Waals surface area contributed by atoms with Crippen molar-refractivity contribution in [2.45, 2.75) is 13.8 Å². The van der Waals surface area contributed by atoms with Crippen LogP contribution in [0.25, 0.3) is 15.6 Å². The van der Waals surface area contributed by atoms with Crippen molar-refractivity contribution in [2.75, 3.05) is 0 Å². The fourth-order valence-corrected chi connectivity index (χ4v) is 2.85. The SMILES string of the molecule is Cc1cc(C)n(-c2ncc(-c3ccccc3)s2)n1. The molecule has 90 valence electrons. The van der Waals surface area contributed by atoms with Gasteiger partial charge in [-0.25, -0.2) is 9.67 Å². The van der Waals surface area contributed by atoms with Crippen molar-refractivity contribution in [3.05, 3.63) is 54.0 Å². The predicted molar refractivity (Wildman–Crippen MR) is 74.1 cm³/mol. The van der Waals surface area contributed by atoms with Crippen molar-refractivity contribution in [1.29, 1.82) is 0 Å². The Balaban J connectivity index is 2.02.